The Balaban J connectivity index is 0.00000242. The number of nitrogens with one attached hydrogen (secondary N) is 2. The van der Waals surface area contributed by atoms with Crippen molar-refractivity contribution in [2.75, 3.05) is 27.3 Å². The average molecular weight is 329 g/mol. The van der Waals surface area contributed by atoms with Crippen molar-refractivity contribution in [3.05, 3.63) is 23.8 Å². The Hall–Kier alpha value is -1.46. The lowest BCUT2D eigenvalue weighted by Crippen LogP contribution is -2.45. The lowest BCUT2D eigenvalue weighted by atomic mass is 10.1. The van der Waals surface area contributed by atoms with Gasteiger partial charge in [-0.25, -0.2) is 0 Å². The molecule has 0 bridgehead atoms. The number of halogens is 1. The summed E-state index contributed by atoms with van der Waals surface area (Å²) in [7, 11) is 3.27. The van der Waals surface area contributed by atoms with Crippen LogP contribution in [0.25, 0.3) is 0 Å². The maximum atomic E-state index is 12.0. The van der Waals surface area contributed by atoms with Gasteiger partial charge in [0.1, 0.15) is 11.5 Å². The molecule has 0 aromatic heterocycles. The fourth-order valence-electron chi connectivity index (χ4n) is 2.60. The van der Waals surface area contributed by atoms with Crippen LogP contribution in [0.5, 0.6) is 11.5 Å². The maximum absolute atomic E-state index is 12.0. The molecule has 6 heteroatoms. The molecule has 0 saturated carbocycles. The van der Waals surface area contributed by atoms with Crippen molar-refractivity contribution in [1.82, 2.24) is 10.6 Å². The van der Waals surface area contributed by atoms with E-state index in [0.29, 0.717) is 12.8 Å². The van der Waals surface area contributed by atoms with Crippen LogP contribution < -0.4 is 20.1 Å². The van der Waals surface area contributed by atoms with Crippen molar-refractivity contribution in [3.63, 3.8) is 0 Å². The van der Waals surface area contributed by atoms with E-state index in [1.54, 1.807) is 14.2 Å². The summed E-state index contributed by atoms with van der Waals surface area (Å²) in [5, 5.41) is 6.38. The zero-order valence-electron chi connectivity index (χ0n) is 13.2. The molecule has 124 valence electrons. The summed E-state index contributed by atoms with van der Waals surface area (Å²) in [5.74, 6) is 1.67. The summed E-state index contributed by atoms with van der Waals surface area (Å²) >= 11 is 0. The molecule has 0 aliphatic carbocycles. The molecule has 1 saturated heterocycles. The number of rotatable bonds is 6. The molecule has 22 heavy (non-hydrogen) atoms. The molecule has 1 amide bonds. The smallest absolute Gasteiger partial charge is 0.220 e. The number of hydrogen-bond donors (Lipinski definition) is 2. The van der Waals surface area contributed by atoms with Gasteiger partial charge in [-0.1, -0.05) is 0 Å². The van der Waals surface area contributed by atoms with Crippen molar-refractivity contribution in [2.24, 2.45) is 0 Å². The van der Waals surface area contributed by atoms with Crippen molar-refractivity contribution in [2.45, 2.75) is 31.7 Å². The number of carbonyl (C=O) groups is 1. The Morgan fingerprint density at radius 2 is 2.18 bits per heavy atom. The molecular formula is C16H25ClN2O3. The number of aryl methyl sites for hydroxylation is 1. The molecule has 1 aromatic rings. The van der Waals surface area contributed by atoms with E-state index in [2.05, 4.69) is 10.6 Å². The second kappa shape index (κ2) is 9.54. The molecule has 0 unspecified atom stereocenters. The number of methoxy groups -OCH3 is 2. The Labute approximate surface area is 138 Å². The number of hydrogen-bond acceptors (Lipinski definition) is 4. The van der Waals surface area contributed by atoms with Crippen LogP contribution in [0.3, 0.4) is 0 Å². The third kappa shape index (κ3) is 5.39. The Morgan fingerprint density at radius 3 is 2.82 bits per heavy atom. The van der Waals surface area contributed by atoms with E-state index < -0.39 is 0 Å². The van der Waals surface area contributed by atoms with Gasteiger partial charge in [-0.2, -0.15) is 0 Å². The van der Waals surface area contributed by atoms with E-state index in [4.69, 9.17) is 9.47 Å². The molecule has 2 N–H and O–H groups in total. The first-order valence-corrected chi connectivity index (χ1v) is 7.44. The maximum Gasteiger partial charge on any atom is 0.220 e. The van der Waals surface area contributed by atoms with Gasteiger partial charge in [-0.05, 0) is 49.6 Å². The zero-order chi connectivity index (χ0) is 15.1. The largest absolute Gasteiger partial charge is 0.497 e. The third-order valence-electron chi connectivity index (χ3n) is 3.77. The van der Waals surface area contributed by atoms with Gasteiger partial charge < -0.3 is 20.1 Å². The van der Waals surface area contributed by atoms with Gasteiger partial charge in [-0.15, -0.1) is 12.4 Å². The van der Waals surface area contributed by atoms with Crippen LogP contribution in [0.1, 0.15) is 24.8 Å². The quantitative estimate of drug-likeness (QED) is 0.837. The summed E-state index contributed by atoms with van der Waals surface area (Å²) in [6.07, 6.45) is 3.28. The van der Waals surface area contributed by atoms with Crippen LogP contribution in [0, 0.1) is 0 Å². The minimum absolute atomic E-state index is 0. The van der Waals surface area contributed by atoms with Gasteiger partial charge in [0.25, 0.3) is 0 Å². The molecule has 1 aliphatic heterocycles. The second-order valence-corrected chi connectivity index (χ2v) is 5.29. The molecule has 5 nitrogen and oxygen atoms in total. The van der Waals surface area contributed by atoms with Gasteiger partial charge in [-0.3, -0.25) is 4.79 Å². The van der Waals surface area contributed by atoms with Gasteiger partial charge in [0.05, 0.1) is 14.2 Å². The van der Waals surface area contributed by atoms with Crippen LogP contribution in [-0.4, -0.2) is 39.3 Å². The number of benzene rings is 1. The van der Waals surface area contributed by atoms with Crippen LogP contribution in [0.4, 0.5) is 0 Å². The van der Waals surface area contributed by atoms with E-state index in [1.807, 2.05) is 18.2 Å². The summed E-state index contributed by atoms with van der Waals surface area (Å²) in [6, 6.07) is 5.92. The highest BCUT2D eigenvalue weighted by Crippen LogP contribution is 2.25. The fourth-order valence-corrected chi connectivity index (χ4v) is 2.60. The zero-order valence-corrected chi connectivity index (χ0v) is 14.0. The van der Waals surface area contributed by atoms with Gasteiger partial charge in [0, 0.05) is 19.0 Å². The molecular weight excluding hydrogens is 304 g/mol. The summed E-state index contributed by atoms with van der Waals surface area (Å²) in [5.41, 5.74) is 0.994. The molecule has 1 atom stereocenters. The highest BCUT2D eigenvalue weighted by atomic mass is 35.5. The highest BCUT2D eigenvalue weighted by molar-refractivity contribution is 5.85. The van der Waals surface area contributed by atoms with Crippen LogP contribution in [0.15, 0.2) is 18.2 Å². The van der Waals surface area contributed by atoms with E-state index >= 15 is 0 Å². The molecule has 0 radical (unpaired) electrons. The van der Waals surface area contributed by atoms with Crippen molar-refractivity contribution < 1.29 is 14.3 Å². The van der Waals surface area contributed by atoms with Crippen LogP contribution in [-0.2, 0) is 11.2 Å². The van der Waals surface area contributed by atoms with Gasteiger partial charge in [0.2, 0.25) is 5.91 Å². The molecule has 1 heterocycles. The Kier molecular flexibility index (Phi) is 8.06. The molecule has 1 aromatic carbocycles. The molecule has 0 spiro atoms. The molecule has 1 fully saturated rings. The SMILES string of the molecule is COc1ccc(OC)c(CCC(=O)N[C@H]2CCCNC2)c1.Cl. The predicted octanol–water partition coefficient (Wildman–Crippen LogP) is 1.93. The first kappa shape index (κ1) is 18.6. The van der Waals surface area contributed by atoms with Gasteiger partial charge in [0.15, 0.2) is 0 Å². The monoisotopic (exact) mass is 328 g/mol. The number of ether oxygens (including phenoxy) is 2. The Morgan fingerprint density at radius 1 is 1.36 bits per heavy atom. The second-order valence-electron chi connectivity index (χ2n) is 5.29. The van der Waals surface area contributed by atoms with Crippen LogP contribution >= 0.6 is 12.4 Å². The Bertz CT molecular complexity index is 476. The third-order valence-corrected chi connectivity index (χ3v) is 3.77. The summed E-state index contributed by atoms with van der Waals surface area (Å²) in [4.78, 5) is 12.0. The minimum Gasteiger partial charge on any atom is -0.497 e. The lowest BCUT2D eigenvalue weighted by Gasteiger charge is -2.23. The topological polar surface area (TPSA) is 59.6 Å². The van der Waals surface area contributed by atoms with Crippen molar-refractivity contribution >= 4 is 18.3 Å². The molecule has 2 rings (SSSR count). The first-order valence-electron chi connectivity index (χ1n) is 7.44. The minimum atomic E-state index is 0. The first-order chi connectivity index (χ1) is 10.2. The number of piperidine rings is 1. The van der Waals surface area contributed by atoms with E-state index in [9.17, 15) is 4.79 Å². The average Bonchev–Trinajstić information content (AvgIpc) is 2.53. The van der Waals surface area contributed by atoms with E-state index in [0.717, 1.165) is 43.0 Å². The summed E-state index contributed by atoms with van der Waals surface area (Å²) < 4.78 is 10.5. The van der Waals surface area contributed by atoms with Crippen molar-refractivity contribution in [3.8, 4) is 11.5 Å². The van der Waals surface area contributed by atoms with Crippen molar-refractivity contribution in [1.29, 1.82) is 0 Å². The van der Waals surface area contributed by atoms with E-state index in [1.165, 1.54) is 0 Å². The fraction of sp³-hybridized carbons (Fsp3) is 0.562. The number of amides is 1. The van der Waals surface area contributed by atoms with Gasteiger partial charge >= 0.3 is 0 Å². The standard InChI is InChI=1S/C16H24N2O3.ClH/c1-20-14-6-7-15(21-2)12(10-14)5-8-16(19)18-13-4-3-9-17-11-13;/h6-7,10,13,17H,3-5,8-9,11H2,1-2H3,(H,18,19);1H/t13-;/m0./s1. The molecule has 1 aliphatic rings. The predicted molar refractivity (Wildman–Crippen MR) is 89.1 cm³/mol. The number of carbonyl (C=O) groups excluding carboxylic acids is 1. The van der Waals surface area contributed by atoms with E-state index in [-0.39, 0.29) is 24.4 Å². The normalized spacial score (nSPS) is 17.3. The highest BCUT2D eigenvalue weighted by Gasteiger charge is 2.15. The van der Waals surface area contributed by atoms with Crippen LogP contribution in [0.2, 0.25) is 0 Å². The summed E-state index contributed by atoms with van der Waals surface area (Å²) in [6.45, 7) is 1.92. The lowest BCUT2D eigenvalue weighted by molar-refractivity contribution is -0.121.